The van der Waals surface area contributed by atoms with E-state index in [1.807, 2.05) is 24.3 Å². The second-order valence-electron chi connectivity index (χ2n) is 4.27. The summed E-state index contributed by atoms with van der Waals surface area (Å²) < 4.78 is 0. The summed E-state index contributed by atoms with van der Waals surface area (Å²) in [6.45, 7) is 2.76. The van der Waals surface area contributed by atoms with E-state index < -0.39 is 0 Å². The van der Waals surface area contributed by atoms with Crippen LogP contribution in [0.2, 0.25) is 15.3 Å². The van der Waals surface area contributed by atoms with Gasteiger partial charge < -0.3 is 5.32 Å². The summed E-state index contributed by atoms with van der Waals surface area (Å²) in [6.07, 6.45) is 0. The molecule has 2 nitrogen and oxygen atoms in total. The van der Waals surface area contributed by atoms with E-state index in [4.69, 9.17) is 34.8 Å². The molecule has 0 spiro atoms. The summed E-state index contributed by atoms with van der Waals surface area (Å²) in [5.41, 5.74) is 2.18. The Labute approximate surface area is 127 Å². The van der Waals surface area contributed by atoms with Crippen molar-refractivity contribution in [1.82, 2.24) is 10.3 Å². The predicted molar refractivity (Wildman–Crippen MR) is 81.0 cm³/mol. The molecule has 1 unspecified atom stereocenters. The van der Waals surface area contributed by atoms with Crippen LogP contribution in [0.25, 0.3) is 0 Å². The third kappa shape index (κ3) is 4.36. The summed E-state index contributed by atoms with van der Waals surface area (Å²) in [4.78, 5) is 3.92. The van der Waals surface area contributed by atoms with Crippen molar-refractivity contribution in [3.63, 3.8) is 0 Å². The van der Waals surface area contributed by atoms with Gasteiger partial charge in [-0.15, -0.1) is 0 Å². The summed E-state index contributed by atoms with van der Waals surface area (Å²) in [5.74, 6) is 0. The van der Waals surface area contributed by atoms with Gasteiger partial charge in [-0.2, -0.15) is 0 Å². The Bertz CT molecular complexity index is 535. The van der Waals surface area contributed by atoms with Gasteiger partial charge in [0.15, 0.2) is 0 Å². The van der Waals surface area contributed by atoms with E-state index in [0.29, 0.717) is 16.9 Å². The number of aromatic nitrogens is 1. The Morgan fingerprint density at radius 1 is 1.05 bits per heavy atom. The van der Waals surface area contributed by atoms with Crippen LogP contribution in [0.1, 0.15) is 24.1 Å². The lowest BCUT2D eigenvalue weighted by atomic mass is 10.1. The second kappa shape index (κ2) is 6.58. The Balaban J connectivity index is 1.99. The van der Waals surface area contributed by atoms with Gasteiger partial charge in [-0.1, -0.05) is 46.9 Å². The van der Waals surface area contributed by atoms with E-state index in [1.165, 1.54) is 5.56 Å². The fourth-order valence-electron chi connectivity index (χ4n) is 1.76. The molecule has 1 atom stereocenters. The minimum Gasteiger partial charge on any atom is -0.306 e. The molecule has 0 saturated carbocycles. The van der Waals surface area contributed by atoms with Crippen LogP contribution in [-0.2, 0) is 6.54 Å². The number of benzene rings is 1. The molecule has 0 bridgehead atoms. The highest BCUT2D eigenvalue weighted by Crippen LogP contribution is 2.18. The molecule has 1 N–H and O–H groups in total. The molecule has 1 aromatic carbocycles. The van der Waals surface area contributed by atoms with E-state index in [1.54, 1.807) is 12.1 Å². The first kappa shape index (κ1) is 14.6. The Morgan fingerprint density at radius 2 is 1.63 bits per heavy atom. The van der Waals surface area contributed by atoms with E-state index in [2.05, 4.69) is 17.2 Å². The van der Waals surface area contributed by atoms with Crippen LogP contribution in [0.15, 0.2) is 36.4 Å². The number of hydrogen-bond donors (Lipinski definition) is 1. The maximum atomic E-state index is 5.87. The van der Waals surface area contributed by atoms with Gasteiger partial charge in [0.25, 0.3) is 0 Å². The zero-order valence-corrected chi connectivity index (χ0v) is 12.6. The number of nitrogens with one attached hydrogen (secondary N) is 1. The van der Waals surface area contributed by atoms with Crippen LogP contribution in [0.4, 0.5) is 0 Å². The average molecular weight is 316 g/mol. The van der Waals surface area contributed by atoms with E-state index in [-0.39, 0.29) is 6.04 Å². The van der Waals surface area contributed by atoms with E-state index in [9.17, 15) is 0 Å². The van der Waals surface area contributed by atoms with Gasteiger partial charge in [0.05, 0.1) is 0 Å². The van der Waals surface area contributed by atoms with Crippen molar-refractivity contribution in [1.29, 1.82) is 0 Å². The van der Waals surface area contributed by atoms with Crippen molar-refractivity contribution in [2.75, 3.05) is 0 Å². The molecule has 19 heavy (non-hydrogen) atoms. The molecule has 2 rings (SSSR count). The van der Waals surface area contributed by atoms with Gasteiger partial charge in [0.2, 0.25) is 0 Å². The summed E-state index contributed by atoms with van der Waals surface area (Å²) in [5, 5.41) is 4.95. The maximum absolute atomic E-state index is 5.87. The number of pyridine rings is 1. The van der Waals surface area contributed by atoms with Gasteiger partial charge in [0, 0.05) is 17.6 Å². The molecule has 0 aliphatic rings. The van der Waals surface area contributed by atoms with Gasteiger partial charge >= 0.3 is 0 Å². The second-order valence-corrected chi connectivity index (χ2v) is 5.49. The Hall–Kier alpha value is -0.800. The largest absolute Gasteiger partial charge is 0.306 e. The first-order valence-electron chi connectivity index (χ1n) is 5.85. The minimum absolute atomic E-state index is 0.211. The summed E-state index contributed by atoms with van der Waals surface area (Å²) in [6, 6.07) is 11.6. The lowest BCUT2D eigenvalue weighted by Crippen LogP contribution is -2.18. The van der Waals surface area contributed by atoms with Gasteiger partial charge in [-0.25, -0.2) is 4.98 Å². The van der Waals surface area contributed by atoms with Crippen LogP contribution < -0.4 is 5.32 Å². The van der Waals surface area contributed by atoms with Crippen molar-refractivity contribution >= 4 is 34.8 Å². The van der Waals surface area contributed by atoms with Crippen LogP contribution in [0.5, 0.6) is 0 Å². The number of hydrogen-bond acceptors (Lipinski definition) is 2. The predicted octanol–water partition coefficient (Wildman–Crippen LogP) is 4.89. The minimum atomic E-state index is 0.211. The molecular weight excluding hydrogens is 303 g/mol. The number of nitrogens with zero attached hydrogens (tertiary/aromatic N) is 1. The smallest absolute Gasteiger partial charge is 0.131 e. The topological polar surface area (TPSA) is 24.9 Å². The van der Waals surface area contributed by atoms with Crippen LogP contribution in [0.3, 0.4) is 0 Å². The molecule has 0 radical (unpaired) electrons. The molecule has 0 saturated heterocycles. The highest BCUT2D eigenvalue weighted by atomic mass is 35.5. The third-order valence-corrected chi connectivity index (χ3v) is 3.44. The molecule has 5 heteroatoms. The molecule has 0 amide bonds. The van der Waals surface area contributed by atoms with E-state index >= 15 is 0 Å². The summed E-state index contributed by atoms with van der Waals surface area (Å²) >= 11 is 17.6. The van der Waals surface area contributed by atoms with Crippen molar-refractivity contribution in [3.05, 3.63) is 62.9 Å². The fraction of sp³-hybridized carbons (Fsp3) is 0.214. The molecule has 0 aliphatic carbocycles. The third-order valence-electron chi connectivity index (χ3n) is 2.80. The molecule has 0 aliphatic heterocycles. The lowest BCUT2D eigenvalue weighted by molar-refractivity contribution is 0.574. The van der Waals surface area contributed by atoms with E-state index in [0.717, 1.165) is 10.6 Å². The normalized spacial score (nSPS) is 12.4. The molecular formula is C14H13Cl3N2. The SMILES string of the molecule is CC(NCc1cc(Cl)nc(Cl)c1)c1ccc(Cl)cc1. The Morgan fingerprint density at radius 3 is 2.21 bits per heavy atom. The van der Waals surface area contributed by atoms with Crippen LogP contribution in [0, 0.1) is 0 Å². The highest BCUT2D eigenvalue weighted by molar-refractivity contribution is 6.32. The van der Waals surface area contributed by atoms with Crippen LogP contribution >= 0.6 is 34.8 Å². The molecule has 2 aromatic rings. The number of rotatable bonds is 4. The van der Waals surface area contributed by atoms with Crippen LogP contribution in [-0.4, -0.2) is 4.98 Å². The number of halogens is 3. The van der Waals surface area contributed by atoms with Crippen molar-refractivity contribution in [2.24, 2.45) is 0 Å². The lowest BCUT2D eigenvalue weighted by Gasteiger charge is -2.14. The fourth-order valence-corrected chi connectivity index (χ4v) is 2.39. The standard InChI is InChI=1S/C14H13Cl3N2/c1-9(11-2-4-12(15)5-3-11)18-8-10-6-13(16)19-14(17)7-10/h2-7,9,18H,8H2,1H3. The summed E-state index contributed by atoms with van der Waals surface area (Å²) in [7, 11) is 0. The zero-order chi connectivity index (χ0) is 13.8. The molecule has 0 fully saturated rings. The zero-order valence-electron chi connectivity index (χ0n) is 10.3. The first-order valence-corrected chi connectivity index (χ1v) is 6.99. The van der Waals surface area contributed by atoms with Crippen molar-refractivity contribution < 1.29 is 0 Å². The van der Waals surface area contributed by atoms with Crippen molar-refractivity contribution in [3.8, 4) is 0 Å². The van der Waals surface area contributed by atoms with Gasteiger partial charge in [-0.3, -0.25) is 0 Å². The van der Waals surface area contributed by atoms with Crippen molar-refractivity contribution in [2.45, 2.75) is 19.5 Å². The Kier molecular flexibility index (Phi) is 5.06. The molecule has 100 valence electrons. The molecule has 1 aromatic heterocycles. The average Bonchev–Trinajstić information content (AvgIpc) is 2.36. The highest BCUT2D eigenvalue weighted by Gasteiger charge is 2.06. The molecule has 1 heterocycles. The first-order chi connectivity index (χ1) is 9.04. The van der Waals surface area contributed by atoms with Gasteiger partial charge in [-0.05, 0) is 42.3 Å². The van der Waals surface area contributed by atoms with Gasteiger partial charge in [0.1, 0.15) is 10.3 Å². The quantitative estimate of drug-likeness (QED) is 0.812. The monoisotopic (exact) mass is 314 g/mol. The maximum Gasteiger partial charge on any atom is 0.131 e.